The van der Waals surface area contributed by atoms with Crippen LogP contribution >= 0.6 is 0 Å². The number of carbonyl (C=O) groups excluding carboxylic acids is 1. The molecule has 1 aromatic rings. The van der Waals surface area contributed by atoms with E-state index in [2.05, 4.69) is 10.2 Å². The molecule has 0 heterocycles. The van der Waals surface area contributed by atoms with Crippen LogP contribution in [0.3, 0.4) is 0 Å². The van der Waals surface area contributed by atoms with Crippen LogP contribution in [0.2, 0.25) is 0 Å². The van der Waals surface area contributed by atoms with Gasteiger partial charge < -0.3 is 15.3 Å². The van der Waals surface area contributed by atoms with Gasteiger partial charge in [0.1, 0.15) is 6.61 Å². The summed E-state index contributed by atoms with van der Waals surface area (Å²) < 4.78 is 0. The van der Waals surface area contributed by atoms with Gasteiger partial charge in [-0.25, -0.2) is 0 Å². The highest BCUT2D eigenvalue weighted by atomic mass is 16.9. The highest BCUT2D eigenvalue weighted by Gasteiger charge is 2.43. The van der Waals surface area contributed by atoms with Crippen LogP contribution in [0.25, 0.3) is 0 Å². The van der Waals surface area contributed by atoms with Gasteiger partial charge in [0.05, 0.1) is 11.3 Å². The first-order chi connectivity index (χ1) is 11.7. The third-order valence-electron chi connectivity index (χ3n) is 4.03. The van der Waals surface area contributed by atoms with E-state index in [1.165, 1.54) is 6.92 Å². The maximum atomic E-state index is 12.5. The molecule has 8 heteroatoms. The SMILES string of the molecule is CC1=CC(C)(C(=O)O)C(C(=O)Nc2ccc(CO[N+](=O)[O-])cc2)C=C1. The fourth-order valence-electron chi connectivity index (χ4n) is 2.64. The maximum absolute atomic E-state index is 12.5. The van der Waals surface area contributed by atoms with Gasteiger partial charge >= 0.3 is 5.97 Å². The molecular weight excluding hydrogens is 328 g/mol. The number of nitrogens with one attached hydrogen (secondary N) is 1. The van der Waals surface area contributed by atoms with Gasteiger partial charge in [-0.1, -0.05) is 35.9 Å². The number of amides is 1. The standard InChI is InChI=1S/C17H18N2O6/c1-11-3-8-14(17(2,9-11)16(21)22)15(20)18-13-6-4-12(5-7-13)10-25-19(23)24/h3-9,14H,10H2,1-2H3,(H,18,20)(H,21,22). The average Bonchev–Trinajstić information content (AvgIpc) is 2.53. The Morgan fingerprint density at radius 2 is 2.00 bits per heavy atom. The van der Waals surface area contributed by atoms with Crippen LogP contribution in [-0.4, -0.2) is 22.1 Å². The van der Waals surface area contributed by atoms with Crippen LogP contribution < -0.4 is 5.32 Å². The lowest BCUT2D eigenvalue weighted by Gasteiger charge is -2.31. The number of carbonyl (C=O) groups is 2. The second-order valence-corrected chi connectivity index (χ2v) is 6.00. The Bertz CT molecular complexity index is 753. The van der Waals surface area contributed by atoms with Crippen LogP contribution in [-0.2, 0) is 21.0 Å². The van der Waals surface area contributed by atoms with Crippen LogP contribution in [0.4, 0.5) is 5.69 Å². The number of carboxylic acids is 1. The lowest BCUT2D eigenvalue weighted by molar-refractivity contribution is -0.763. The highest BCUT2D eigenvalue weighted by molar-refractivity contribution is 5.98. The first-order valence-corrected chi connectivity index (χ1v) is 7.50. The smallest absolute Gasteiger partial charge is 0.314 e. The zero-order chi connectivity index (χ0) is 18.6. The van der Waals surface area contributed by atoms with E-state index in [0.717, 1.165) is 5.57 Å². The van der Waals surface area contributed by atoms with E-state index in [1.807, 2.05) is 0 Å². The van der Waals surface area contributed by atoms with Crippen molar-refractivity contribution in [1.82, 2.24) is 0 Å². The molecule has 0 aliphatic heterocycles. The Balaban J connectivity index is 2.10. The van der Waals surface area contributed by atoms with Crippen molar-refractivity contribution in [2.75, 3.05) is 5.32 Å². The molecule has 0 aromatic heterocycles. The van der Waals surface area contributed by atoms with Crippen LogP contribution in [0.15, 0.2) is 48.1 Å². The highest BCUT2D eigenvalue weighted by Crippen LogP contribution is 2.36. The molecule has 1 aromatic carbocycles. The van der Waals surface area contributed by atoms with Crippen LogP contribution in [0.1, 0.15) is 19.4 Å². The molecule has 2 unspecified atom stereocenters. The number of allylic oxidation sites excluding steroid dienone is 2. The lowest BCUT2D eigenvalue weighted by atomic mass is 9.72. The van der Waals surface area contributed by atoms with Gasteiger partial charge in [0.15, 0.2) is 0 Å². The molecule has 0 saturated heterocycles. The molecular formula is C17H18N2O6. The summed E-state index contributed by atoms with van der Waals surface area (Å²) in [5.41, 5.74) is 0.482. The normalized spacial score (nSPS) is 22.0. The van der Waals surface area contributed by atoms with Crippen molar-refractivity contribution in [2.45, 2.75) is 20.5 Å². The van der Waals surface area contributed by atoms with Crippen molar-refractivity contribution in [1.29, 1.82) is 0 Å². The Labute approximate surface area is 143 Å². The summed E-state index contributed by atoms with van der Waals surface area (Å²) in [6, 6.07) is 6.30. The molecule has 1 aliphatic rings. The van der Waals surface area contributed by atoms with E-state index >= 15 is 0 Å². The van der Waals surface area contributed by atoms with Crippen molar-refractivity contribution < 1.29 is 24.6 Å². The molecule has 132 valence electrons. The van der Waals surface area contributed by atoms with E-state index < -0.39 is 28.3 Å². The molecule has 2 atom stereocenters. The Morgan fingerprint density at radius 1 is 1.36 bits per heavy atom. The number of benzene rings is 1. The third kappa shape index (κ3) is 4.23. The molecule has 0 fully saturated rings. The minimum atomic E-state index is -1.33. The fraction of sp³-hybridized carbons (Fsp3) is 0.294. The van der Waals surface area contributed by atoms with E-state index in [0.29, 0.717) is 11.3 Å². The van der Waals surface area contributed by atoms with Gasteiger partial charge in [-0.15, -0.1) is 10.1 Å². The quantitative estimate of drug-likeness (QED) is 0.603. The van der Waals surface area contributed by atoms with Crippen molar-refractivity contribution in [3.05, 3.63) is 63.7 Å². The van der Waals surface area contributed by atoms with Gasteiger partial charge in [-0.2, -0.15) is 0 Å². The Morgan fingerprint density at radius 3 is 2.56 bits per heavy atom. The summed E-state index contributed by atoms with van der Waals surface area (Å²) in [7, 11) is 0. The first-order valence-electron chi connectivity index (χ1n) is 7.50. The summed E-state index contributed by atoms with van der Waals surface area (Å²) in [5, 5.41) is 21.5. The second kappa shape index (κ2) is 7.16. The molecule has 1 aliphatic carbocycles. The van der Waals surface area contributed by atoms with Crippen LogP contribution in [0.5, 0.6) is 0 Å². The summed E-state index contributed by atoms with van der Waals surface area (Å²) in [6.45, 7) is 3.09. The summed E-state index contributed by atoms with van der Waals surface area (Å²) >= 11 is 0. The lowest BCUT2D eigenvalue weighted by Crippen LogP contribution is -2.41. The minimum Gasteiger partial charge on any atom is -0.481 e. The number of aliphatic carboxylic acids is 1. The molecule has 0 bridgehead atoms. The summed E-state index contributed by atoms with van der Waals surface area (Å²) in [4.78, 5) is 38.6. The molecule has 0 radical (unpaired) electrons. The predicted molar refractivity (Wildman–Crippen MR) is 89.0 cm³/mol. The van der Waals surface area contributed by atoms with Crippen molar-refractivity contribution >= 4 is 17.6 Å². The van der Waals surface area contributed by atoms with Gasteiger partial charge in [0.2, 0.25) is 5.91 Å². The van der Waals surface area contributed by atoms with Crippen molar-refractivity contribution in [2.24, 2.45) is 11.3 Å². The van der Waals surface area contributed by atoms with Gasteiger partial charge in [0, 0.05) is 5.69 Å². The predicted octanol–water partition coefficient (Wildman–Crippen LogP) is 2.56. The van der Waals surface area contributed by atoms with Crippen LogP contribution in [0, 0.1) is 21.4 Å². The second-order valence-electron chi connectivity index (χ2n) is 6.00. The summed E-state index contributed by atoms with van der Waals surface area (Å²) in [6.07, 6.45) is 4.86. The first kappa shape index (κ1) is 18.2. The largest absolute Gasteiger partial charge is 0.481 e. The van der Waals surface area contributed by atoms with E-state index in [1.54, 1.807) is 49.4 Å². The topological polar surface area (TPSA) is 119 Å². The minimum absolute atomic E-state index is 0.187. The Kier molecular flexibility index (Phi) is 5.21. The molecule has 8 nitrogen and oxygen atoms in total. The van der Waals surface area contributed by atoms with E-state index in [-0.39, 0.29) is 6.61 Å². The third-order valence-corrected chi connectivity index (χ3v) is 4.03. The van der Waals surface area contributed by atoms with E-state index in [4.69, 9.17) is 0 Å². The molecule has 2 rings (SSSR count). The molecule has 0 saturated carbocycles. The number of hydrogen-bond donors (Lipinski definition) is 2. The monoisotopic (exact) mass is 346 g/mol. The number of rotatable bonds is 6. The Hall–Kier alpha value is -3.16. The average molecular weight is 346 g/mol. The zero-order valence-electron chi connectivity index (χ0n) is 13.8. The van der Waals surface area contributed by atoms with E-state index in [9.17, 15) is 24.8 Å². The summed E-state index contributed by atoms with van der Waals surface area (Å²) in [5.74, 6) is -2.38. The molecule has 0 spiro atoms. The number of hydrogen-bond acceptors (Lipinski definition) is 5. The van der Waals surface area contributed by atoms with Crippen molar-refractivity contribution in [3.63, 3.8) is 0 Å². The zero-order valence-corrected chi connectivity index (χ0v) is 13.8. The molecule has 1 amide bonds. The maximum Gasteiger partial charge on any atom is 0.314 e. The molecule has 2 N–H and O–H groups in total. The van der Waals surface area contributed by atoms with Gasteiger partial charge in [-0.05, 0) is 31.5 Å². The fourth-order valence-corrected chi connectivity index (χ4v) is 2.64. The van der Waals surface area contributed by atoms with Gasteiger partial charge in [-0.3, -0.25) is 9.59 Å². The van der Waals surface area contributed by atoms with Gasteiger partial charge in [0.25, 0.3) is 5.09 Å². The number of nitrogens with zero attached hydrogens (tertiary/aromatic N) is 1. The van der Waals surface area contributed by atoms with Crippen molar-refractivity contribution in [3.8, 4) is 0 Å². The number of anilines is 1. The number of carboxylic acid groups (broad SMARTS) is 1. The molecule has 25 heavy (non-hydrogen) atoms.